The number of amides is 3. The fraction of sp³-hybridized carbons (Fsp3) is 0.250. The summed E-state index contributed by atoms with van der Waals surface area (Å²) in [7, 11) is 0. The van der Waals surface area contributed by atoms with Gasteiger partial charge in [-0.05, 0) is 50.1 Å². The second-order valence-corrected chi connectivity index (χ2v) is 6.25. The summed E-state index contributed by atoms with van der Waals surface area (Å²) in [5.74, 6) is -0.987. The molecule has 0 radical (unpaired) electrons. The molecule has 128 valence electrons. The summed E-state index contributed by atoms with van der Waals surface area (Å²) in [5, 5.41) is 2.78. The van der Waals surface area contributed by atoms with Crippen LogP contribution in [0.2, 0.25) is 0 Å². The quantitative estimate of drug-likeness (QED) is 0.872. The minimum Gasteiger partial charge on any atom is -0.352 e. The number of rotatable bonds is 4. The summed E-state index contributed by atoms with van der Waals surface area (Å²) < 4.78 is 0. The number of nitrogens with zero attached hydrogens (tertiary/aromatic N) is 1. The first-order valence-electron chi connectivity index (χ1n) is 8.32. The van der Waals surface area contributed by atoms with Crippen molar-refractivity contribution in [1.82, 2.24) is 5.32 Å². The van der Waals surface area contributed by atoms with Crippen LogP contribution >= 0.6 is 0 Å². The summed E-state index contributed by atoms with van der Waals surface area (Å²) in [5.41, 5.74) is 3.49. The highest BCUT2D eigenvalue weighted by Crippen LogP contribution is 2.31. The number of imide groups is 1. The largest absolute Gasteiger partial charge is 0.352 e. The first-order chi connectivity index (χ1) is 11.9. The number of hydrogen-bond acceptors (Lipinski definition) is 3. The maximum absolute atomic E-state index is 12.8. The van der Waals surface area contributed by atoms with Gasteiger partial charge < -0.3 is 5.32 Å². The van der Waals surface area contributed by atoms with Crippen LogP contribution in [0.4, 0.5) is 5.69 Å². The Bertz CT molecular complexity index is 887. The van der Waals surface area contributed by atoms with Gasteiger partial charge in [-0.25, -0.2) is 4.90 Å². The van der Waals surface area contributed by atoms with Crippen molar-refractivity contribution in [2.75, 3.05) is 11.4 Å². The number of fused-ring (bicyclic) bond motifs is 1. The van der Waals surface area contributed by atoms with Gasteiger partial charge in [0.2, 0.25) is 0 Å². The van der Waals surface area contributed by atoms with Crippen molar-refractivity contribution < 1.29 is 14.4 Å². The van der Waals surface area contributed by atoms with Crippen LogP contribution in [0.5, 0.6) is 0 Å². The smallest absolute Gasteiger partial charge is 0.266 e. The van der Waals surface area contributed by atoms with Gasteiger partial charge in [-0.2, -0.15) is 0 Å². The zero-order valence-electron chi connectivity index (χ0n) is 14.6. The summed E-state index contributed by atoms with van der Waals surface area (Å²) in [4.78, 5) is 38.8. The SMILES string of the molecule is CCCNC(=O)c1ccc2c(c1)C(=O)N(c1ccc(C)cc1C)C2=O. The van der Waals surface area contributed by atoms with Crippen LogP contribution in [0.1, 0.15) is 55.5 Å². The minimum absolute atomic E-state index is 0.241. The Morgan fingerprint density at radius 1 is 1.00 bits per heavy atom. The maximum atomic E-state index is 12.8. The van der Waals surface area contributed by atoms with Gasteiger partial charge in [0, 0.05) is 12.1 Å². The minimum atomic E-state index is -0.392. The molecule has 0 saturated heterocycles. The van der Waals surface area contributed by atoms with Gasteiger partial charge >= 0.3 is 0 Å². The molecule has 0 spiro atoms. The summed E-state index contributed by atoms with van der Waals surface area (Å²) in [6, 6.07) is 10.2. The molecule has 5 heteroatoms. The molecule has 25 heavy (non-hydrogen) atoms. The molecule has 0 atom stereocenters. The highest BCUT2D eigenvalue weighted by atomic mass is 16.2. The first kappa shape index (κ1) is 16.9. The number of hydrogen-bond donors (Lipinski definition) is 1. The molecule has 0 bridgehead atoms. The zero-order chi connectivity index (χ0) is 18.1. The Morgan fingerprint density at radius 3 is 2.40 bits per heavy atom. The van der Waals surface area contributed by atoms with Crippen molar-refractivity contribution in [3.63, 3.8) is 0 Å². The van der Waals surface area contributed by atoms with Crippen LogP contribution in [0.15, 0.2) is 36.4 Å². The van der Waals surface area contributed by atoms with E-state index in [2.05, 4.69) is 5.32 Å². The lowest BCUT2D eigenvalue weighted by Gasteiger charge is -2.16. The fourth-order valence-electron chi connectivity index (χ4n) is 3.00. The fourth-order valence-corrected chi connectivity index (χ4v) is 3.00. The molecule has 1 aliphatic rings. The van der Waals surface area contributed by atoms with Crippen molar-refractivity contribution in [1.29, 1.82) is 0 Å². The van der Waals surface area contributed by atoms with Crippen LogP contribution in [-0.4, -0.2) is 24.3 Å². The van der Waals surface area contributed by atoms with Crippen LogP contribution in [-0.2, 0) is 0 Å². The van der Waals surface area contributed by atoms with Gasteiger partial charge in [0.05, 0.1) is 16.8 Å². The summed E-state index contributed by atoms with van der Waals surface area (Å²) in [6.07, 6.45) is 0.828. The van der Waals surface area contributed by atoms with Crippen molar-refractivity contribution in [3.05, 3.63) is 64.2 Å². The monoisotopic (exact) mass is 336 g/mol. The molecule has 3 amide bonds. The predicted octanol–water partition coefficient (Wildman–Crippen LogP) is 3.24. The molecule has 0 unspecified atom stereocenters. The topological polar surface area (TPSA) is 66.5 Å². The summed E-state index contributed by atoms with van der Waals surface area (Å²) >= 11 is 0. The second-order valence-electron chi connectivity index (χ2n) is 6.25. The third kappa shape index (κ3) is 2.93. The predicted molar refractivity (Wildman–Crippen MR) is 96.1 cm³/mol. The van der Waals surface area contributed by atoms with E-state index in [9.17, 15) is 14.4 Å². The number of nitrogens with one attached hydrogen (secondary N) is 1. The van der Waals surface area contributed by atoms with E-state index in [1.807, 2.05) is 32.9 Å². The van der Waals surface area contributed by atoms with E-state index in [4.69, 9.17) is 0 Å². The Hall–Kier alpha value is -2.95. The molecular weight excluding hydrogens is 316 g/mol. The van der Waals surface area contributed by atoms with E-state index < -0.39 is 5.91 Å². The van der Waals surface area contributed by atoms with E-state index in [1.165, 1.54) is 11.0 Å². The van der Waals surface area contributed by atoms with Gasteiger partial charge in [-0.3, -0.25) is 14.4 Å². The Kier molecular flexibility index (Phi) is 4.40. The molecule has 1 N–H and O–H groups in total. The molecule has 0 aromatic heterocycles. The van der Waals surface area contributed by atoms with E-state index in [-0.39, 0.29) is 17.4 Å². The molecular formula is C20H20N2O3. The molecule has 5 nitrogen and oxygen atoms in total. The van der Waals surface area contributed by atoms with Crippen molar-refractivity contribution in [2.24, 2.45) is 0 Å². The Morgan fingerprint density at radius 2 is 1.72 bits per heavy atom. The van der Waals surface area contributed by atoms with Gasteiger partial charge in [-0.1, -0.05) is 24.6 Å². The average Bonchev–Trinajstić information content (AvgIpc) is 2.84. The number of aryl methyl sites for hydroxylation is 2. The van der Waals surface area contributed by atoms with Gasteiger partial charge in [0.1, 0.15) is 0 Å². The third-order valence-electron chi connectivity index (χ3n) is 4.28. The molecule has 0 aliphatic carbocycles. The van der Waals surface area contributed by atoms with Crippen molar-refractivity contribution >= 4 is 23.4 Å². The number of carbonyl (C=O) groups is 3. The lowest BCUT2D eigenvalue weighted by molar-refractivity contribution is 0.0923. The molecule has 0 fully saturated rings. The molecule has 1 heterocycles. The van der Waals surface area contributed by atoms with Gasteiger partial charge in [-0.15, -0.1) is 0 Å². The molecule has 2 aromatic carbocycles. The maximum Gasteiger partial charge on any atom is 0.266 e. The Labute approximate surface area is 146 Å². The lowest BCUT2D eigenvalue weighted by Crippen LogP contribution is -2.30. The van der Waals surface area contributed by atoms with Crippen LogP contribution in [0.3, 0.4) is 0 Å². The normalized spacial score (nSPS) is 13.2. The third-order valence-corrected chi connectivity index (χ3v) is 4.28. The number of carbonyl (C=O) groups excluding carboxylic acids is 3. The first-order valence-corrected chi connectivity index (χ1v) is 8.32. The van der Waals surface area contributed by atoms with Crippen LogP contribution in [0.25, 0.3) is 0 Å². The molecule has 2 aromatic rings. The van der Waals surface area contributed by atoms with Crippen molar-refractivity contribution in [3.8, 4) is 0 Å². The zero-order valence-corrected chi connectivity index (χ0v) is 14.6. The van der Waals surface area contributed by atoms with E-state index in [0.29, 0.717) is 23.4 Å². The van der Waals surface area contributed by atoms with Crippen LogP contribution in [0, 0.1) is 13.8 Å². The second kappa shape index (κ2) is 6.51. The number of anilines is 1. The lowest BCUT2D eigenvalue weighted by atomic mass is 10.1. The van der Waals surface area contributed by atoms with Crippen molar-refractivity contribution in [2.45, 2.75) is 27.2 Å². The van der Waals surface area contributed by atoms with Gasteiger partial charge in [0.15, 0.2) is 0 Å². The van der Waals surface area contributed by atoms with Gasteiger partial charge in [0.25, 0.3) is 17.7 Å². The van der Waals surface area contributed by atoms with E-state index in [1.54, 1.807) is 18.2 Å². The number of benzene rings is 2. The highest BCUT2D eigenvalue weighted by molar-refractivity contribution is 6.35. The summed E-state index contributed by atoms with van der Waals surface area (Å²) in [6.45, 7) is 6.36. The van der Waals surface area contributed by atoms with Crippen LogP contribution < -0.4 is 10.2 Å². The Balaban J connectivity index is 1.98. The molecule has 0 saturated carbocycles. The van der Waals surface area contributed by atoms with E-state index >= 15 is 0 Å². The highest BCUT2D eigenvalue weighted by Gasteiger charge is 2.37. The average molecular weight is 336 g/mol. The molecule has 1 aliphatic heterocycles. The standard InChI is InChI=1S/C20H20N2O3/c1-4-9-21-18(23)14-6-7-15-16(11-14)20(25)22(19(15)24)17-8-5-12(2)10-13(17)3/h5-8,10-11H,4,9H2,1-3H3,(H,21,23). The molecule has 3 rings (SSSR count). The van der Waals surface area contributed by atoms with E-state index in [0.717, 1.165) is 17.5 Å².